The zero-order chi connectivity index (χ0) is 18.4. The number of rotatable bonds is 6. The molecule has 0 spiro atoms. The molecule has 6 heteroatoms. The van der Waals surface area contributed by atoms with Crippen LogP contribution in [0, 0.1) is 5.82 Å². The molecule has 1 heterocycles. The van der Waals surface area contributed by atoms with Crippen molar-refractivity contribution in [2.24, 2.45) is 0 Å². The maximum atomic E-state index is 13.7. The number of morpholine rings is 1. The van der Waals surface area contributed by atoms with Crippen molar-refractivity contribution in [2.75, 3.05) is 26.9 Å². The van der Waals surface area contributed by atoms with Crippen molar-refractivity contribution in [1.82, 2.24) is 10.2 Å². The first-order chi connectivity index (χ1) is 11.9. The van der Waals surface area contributed by atoms with E-state index in [4.69, 9.17) is 9.47 Å². The molecule has 1 fully saturated rings. The van der Waals surface area contributed by atoms with Gasteiger partial charge in [-0.15, -0.1) is 0 Å². The molecule has 2 rings (SSSR count). The van der Waals surface area contributed by atoms with Gasteiger partial charge in [0.25, 0.3) is 0 Å². The molecule has 1 aliphatic heterocycles. The Morgan fingerprint density at radius 3 is 2.88 bits per heavy atom. The van der Waals surface area contributed by atoms with E-state index in [0.717, 1.165) is 24.8 Å². The average molecular weight is 352 g/mol. The fraction of sp³-hybridized carbons (Fsp3) is 0.632. The van der Waals surface area contributed by atoms with Crippen LogP contribution in [0.3, 0.4) is 0 Å². The molecule has 1 saturated heterocycles. The van der Waals surface area contributed by atoms with Gasteiger partial charge in [0, 0.05) is 6.54 Å². The van der Waals surface area contributed by atoms with Gasteiger partial charge in [-0.05, 0) is 38.0 Å². The first kappa shape index (κ1) is 19.5. The van der Waals surface area contributed by atoms with Crippen LogP contribution in [-0.2, 0) is 4.74 Å². The lowest BCUT2D eigenvalue weighted by molar-refractivity contribution is -0.0656. The number of amides is 2. The number of nitrogens with one attached hydrogen (secondary N) is 1. The van der Waals surface area contributed by atoms with E-state index in [2.05, 4.69) is 12.2 Å². The van der Waals surface area contributed by atoms with Gasteiger partial charge in [-0.3, -0.25) is 0 Å². The Kier molecular flexibility index (Phi) is 6.64. The zero-order valence-corrected chi connectivity index (χ0v) is 15.6. The highest BCUT2D eigenvalue weighted by molar-refractivity contribution is 5.76. The van der Waals surface area contributed by atoms with E-state index >= 15 is 0 Å². The number of hydrogen-bond acceptors (Lipinski definition) is 3. The SMILES string of the molecule is CCCCCNC(=O)N1C(c2ccc(F)c(OC)c2)COCC1(C)C. The molecule has 1 aliphatic rings. The van der Waals surface area contributed by atoms with E-state index < -0.39 is 11.4 Å². The predicted octanol–water partition coefficient (Wildman–Crippen LogP) is 3.89. The number of benzene rings is 1. The molecule has 140 valence electrons. The Labute approximate surface area is 149 Å². The molecule has 0 radical (unpaired) electrons. The summed E-state index contributed by atoms with van der Waals surface area (Å²) in [6, 6.07) is 4.29. The third-order valence-corrected chi connectivity index (χ3v) is 4.53. The molecule has 25 heavy (non-hydrogen) atoms. The minimum atomic E-state index is -0.459. The molecule has 1 aromatic carbocycles. The molecule has 0 aromatic heterocycles. The Hall–Kier alpha value is -1.82. The van der Waals surface area contributed by atoms with Gasteiger partial charge in [-0.25, -0.2) is 9.18 Å². The van der Waals surface area contributed by atoms with E-state index in [-0.39, 0.29) is 17.8 Å². The number of carbonyl (C=O) groups excluding carboxylic acids is 1. The summed E-state index contributed by atoms with van der Waals surface area (Å²) >= 11 is 0. The summed E-state index contributed by atoms with van der Waals surface area (Å²) in [6.45, 7) is 7.58. The van der Waals surface area contributed by atoms with Crippen molar-refractivity contribution in [3.8, 4) is 5.75 Å². The van der Waals surface area contributed by atoms with Crippen molar-refractivity contribution in [2.45, 2.75) is 51.6 Å². The minimum absolute atomic E-state index is 0.113. The molecule has 0 saturated carbocycles. The second kappa shape index (κ2) is 8.52. The molecular weight excluding hydrogens is 323 g/mol. The van der Waals surface area contributed by atoms with Crippen molar-refractivity contribution in [3.05, 3.63) is 29.6 Å². The smallest absolute Gasteiger partial charge is 0.318 e. The lowest BCUT2D eigenvalue weighted by Gasteiger charge is -2.47. The van der Waals surface area contributed by atoms with Crippen LogP contribution in [0.15, 0.2) is 18.2 Å². The largest absolute Gasteiger partial charge is 0.494 e. The molecule has 1 unspecified atom stereocenters. The number of hydrogen-bond donors (Lipinski definition) is 1. The van der Waals surface area contributed by atoms with E-state index in [1.54, 1.807) is 12.1 Å². The van der Waals surface area contributed by atoms with Gasteiger partial charge in [0.05, 0.1) is 31.9 Å². The van der Waals surface area contributed by atoms with Crippen LogP contribution in [0.1, 0.15) is 51.6 Å². The molecule has 1 N–H and O–H groups in total. The summed E-state index contributed by atoms with van der Waals surface area (Å²) in [5, 5.41) is 3.01. The molecule has 1 aromatic rings. The van der Waals surface area contributed by atoms with Gasteiger partial charge < -0.3 is 19.7 Å². The lowest BCUT2D eigenvalue weighted by atomic mass is 9.95. The van der Waals surface area contributed by atoms with Crippen LogP contribution in [0.4, 0.5) is 9.18 Å². The second-order valence-corrected chi connectivity index (χ2v) is 7.05. The third-order valence-electron chi connectivity index (χ3n) is 4.53. The fourth-order valence-electron chi connectivity index (χ4n) is 3.19. The Bertz CT molecular complexity index is 592. The van der Waals surface area contributed by atoms with Gasteiger partial charge in [0.15, 0.2) is 11.6 Å². The lowest BCUT2D eigenvalue weighted by Crippen LogP contribution is -2.59. The standard InChI is InChI=1S/C19H29FN2O3/c1-5-6-7-10-21-18(23)22-16(12-25-13-19(22,2)3)14-8-9-15(20)17(11-14)24-4/h8-9,11,16H,5-7,10,12-13H2,1-4H3,(H,21,23). The number of nitrogens with zero attached hydrogens (tertiary/aromatic N) is 1. The molecule has 0 bridgehead atoms. The first-order valence-corrected chi connectivity index (χ1v) is 8.89. The second-order valence-electron chi connectivity index (χ2n) is 7.05. The summed E-state index contributed by atoms with van der Waals surface area (Å²) in [4.78, 5) is 14.7. The summed E-state index contributed by atoms with van der Waals surface area (Å²) in [5.74, 6) is -0.248. The van der Waals surface area contributed by atoms with Crippen molar-refractivity contribution in [1.29, 1.82) is 0 Å². The van der Waals surface area contributed by atoms with Crippen LogP contribution in [0.5, 0.6) is 5.75 Å². The quantitative estimate of drug-likeness (QED) is 0.790. The molecule has 2 amide bonds. The molecule has 1 atom stereocenters. The van der Waals surface area contributed by atoms with Gasteiger partial charge in [0.1, 0.15) is 0 Å². The monoisotopic (exact) mass is 352 g/mol. The average Bonchev–Trinajstić information content (AvgIpc) is 2.58. The van der Waals surface area contributed by atoms with Crippen LogP contribution < -0.4 is 10.1 Å². The minimum Gasteiger partial charge on any atom is -0.494 e. The van der Waals surface area contributed by atoms with Crippen LogP contribution in [0.25, 0.3) is 0 Å². The van der Waals surface area contributed by atoms with E-state index in [9.17, 15) is 9.18 Å². The number of halogens is 1. The van der Waals surface area contributed by atoms with E-state index in [0.29, 0.717) is 19.8 Å². The number of ether oxygens (including phenoxy) is 2. The van der Waals surface area contributed by atoms with Crippen molar-refractivity contribution < 1.29 is 18.7 Å². The normalized spacial score (nSPS) is 19.6. The first-order valence-electron chi connectivity index (χ1n) is 8.89. The van der Waals surface area contributed by atoms with Gasteiger partial charge in [-0.2, -0.15) is 0 Å². The highest BCUT2D eigenvalue weighted by atomic mass is 19.1. The highest BCUT2D eigenvalue weighted by Crippen LogP contribution is 2.35. The van der Waals surface area contributed by atoms with Crippen LogP contribution in [0.2, 0.25) is 0 Å². The van der Waals surface area contributed by atoms with E-state index in [1.165, 1.54) is 13.2 Å². The summed E-state index contributed by atoms with van der Waals surface area (Å²) < 4.78 is 24.5. The molecule has 5 nitrogen and oxygen atoms in total. The third kappa shape index (κ3) is 4.63. The Balaban J connectivity index is 2.23. The van der Waals surface area contributed by atoms with Crippen LogP contribution >= 0.6 is 0 Å². The topological polar surface area (TPSA) is 50.8 Å². The Morgan fingerprint density at radius 2 is 2.20 bits per heavy atom. The van der Waals surface area contributed by atoms with Crippen molar-refractivity contribution in [3.63, 3.8) is 0 Å². The number of unbranched alkanes of at least 4 members (excludes halogenated alkanes) is 2. The summed E-state index contributed by atoms with van der Waals surface area (Å²) in [5.41, 5.74) is 0.342. The highest BCUT2D eigenvalue weighted by Gasteiger charge is 2.41. The van der Waals surface area contributed by atoms with Gasteiger partial charge in [-0.1, -0.05) is 25.8 Å². The fourth-order valence-corrected chi connectivity index (χ4v) is 3.19. The maximum Gasteiger partial charge on any atom is 0.318 e. The predicted molar refractivity (Wildman–Crippen MR) is 95.4 cm³/mol. The van der Waals surface area contributed by atoms with Gasteiger partial charge >= 0.3 is 6.03 Å². The Morgan fingerprint density at radius 1 is 1.44 bits per heavy atom. The zero-order valence-electron chi connectivity index (χ0n) is 15.6. The summed E-state index contributed by atoms with van der Waals surface area (Å²) in [7, 11) is 1.43. The number of urea groups is 1. The van der Waals surface area contributed by atoms with Crippen LogP contribution in [-0.4, -0.2) is 43.3 Å². The van der Waals surface area contributed by atoms with Crippen molar-refractivity contribution >= 4 is 6.03 Å². The van der Waals surface area contributed by atoms with Gasteiger partial charge in [0.2, 0.25) is 0 Å². The summed E-state index contributed by atoms with van der Waals surface area (Å²) in [6.07, 6.45) is 3.16. The molecular formula is C19H29FN2O3. The number of methoxy groups -OCH3 is 1. The van der Waals surface area contributed by atoms with E-state index in [1.807, 2.05) is 18.7 Å². The number of carbonyl (C=O) groups is 1. The maximum absolute atomic E-state index is 13.7. The molecule has 0 aliphatic carbocycles.